The van der Waals surface area contributed by atoms with Gasteiger partial charge in [0.1, 0.15) is 11.3 Å². The van der Waals surface area contributed by atoms with Crippen LogP contribution in [0.15, 0.2) is 40.3 Å². The average Bonchev–Trinajstić information content (AvgIpc) is 3.33. The number of fused-ring (bicyclic) bond motifs is 3. The van der Waals surface area contributed by atoms with Gasteiger partial charge in [-0.05, 0) is 50.7 Å². The molecule has 6 heteroatoms. The summed E-state index contributed by atoms with van der Waals surface area (Å²) in [6.45, 7) is 1.62. The fourth-order valence-electron chi connectivity index (χ4n) is 5.18. The lowest BCUT2D eigenvalue weighted by atomic mass is 9.91. The Balaban J connectivity index is 1.55. The van der Waals surface area contributed by atoms with Crippen LogP contribution in [0.4, 0.5) is 4.79 Å². The third-order valence-electron chi connectivity index (χ3n) is 6.58. The molecule has 29 heavy (non-hydrogen) atoms. The standard InChI is InChI=1S/C23H26N2O4/c1-28-22(26)21-17(20-13-15-7-3-4-8-19(15)29-20)14-16-9-10-18(21)25(16)23(27)24-11-5-2-6-12-24/h3-4,7-8,13,16,18H,2,5-6,9-12,14H2,1H3/t16-,18+/m0/s1. The molecule has 6 nitrogen and oxygen atoms in total. The summed E-state index contributed by atoms with van der Waals surface area (Å²) in [6.07, 6.45) is 5.60. The van der Waals surface area contributed by atoms with Gasteiger partial charge in [0, 0.05) is 30.1 Å². The summed E-state index contributed by atoms with van der Waals surface area (Å²) in [5.41, 5.74) is 2.28. The second-order valence-corrected chi connectivity index (χ2v) is 8.22. The van der Waals surface area contributed by atoms with Crippen molar-refractivity contribution in [2.24, 2.45) is 0 Å². The Labute approximate surface area is 170 Å². The summed E-state index contributed by atoms with van der Waals surface area (Å²) < 4.78 is 11.2. The van der Waals surface area contributed by atoms with Gasteiger partial charge >= 0.3 is 12.0 Å². The Kier molecular flexibility index (Phi) is 4.57. The lowest BCUT2D eigenvalue weighted by Gasteiger charge is -2.40. The third kappa shape index (κ3) is 3.02. The molecule has 2 aromatic rings. The van der Waals surface area contributed by atoms with Gasteiger partial charge in [0.25, 0.3) is 0 Å². The smallest absolute Gasteiger partial charge is 0.336 e. The first-order valence-electron chi connectivity index (χ1n) is 10.5. The molecule has 2 saturated heterocycles. The molecule has 0 N–H and O–H groups in total. The van der Waals surface area contributed by atoms with Crippen LogP contribution in [-0.2, 0) is 9.53 Å². The van der Waals surface area contributed by atoms with E-state index >= 15 is 0 Å². The number of ether oxygens (including phenoxy) is 1. The van der Waals surface area contributed by atoms with Gasteiger partial charge in [-0.1, -0.05) is 18.2 Å². The molecule has 2 bridgehead atoms. The third-order valence-corrected chi connectivity index (χ3v) is 6.58. The Hall–Kier alpha value is -2.76. The zero-order chi connectivity index (χ0) is 20.0. The minimum absolute atomic E-state index is 0.0715. The summed E-state index contributed by atoms with van der Waals surface area (Å²) in [5.74, 6) is 0.357. The normalized spacial score (nSPS) is 24.3. The van der Waals surface area contributed by atoms with Crippen molar-refractivity contribution in [3.63, 3.8) is 0 Å². The van der Waals surface area contributed by atoms with E-state index in [4.69, 9.17) is 9.15 Å². The predicted molar refractivity (Wildman–Crippen MR) is 109 cm³/mol. The van der Waals surface area contributed by atoms with Crippen molar-refractivity contribution >= 4 is 28.5 Å². The van der Waals surface area contributed by atoms with Crippen molar-refractivity contribution in [3.8, 4) is 0 Å². The maximum atomic E-state index is 13.3. The average molecular weight is 394 g/mol. The van der Waals surface area contributed by atoms with E-state index in [1.165, 1.54) is 13.5 Å². The van der Waals surface area contributed by atoms with Gasteiger partial charge in [0.2, 0.25) is 0 Å². The molecule has 0 unspecified atom stereocenters. The van der Waals surface area contributed by atoms with E-state index < -0.39 is 0 Å². The number of piperidine rings is 1. The van der Waals surface area contributed by atoms with Crippen molar-refractivity contribution in [2.75, 3.05) is 20.2 Å². The molecule has 5 rings (SSSR count). The number of carbonyl (C=O) groups excluding carboxylic acids is 2. The lowest BCUT2D eigenvalue weighted by Crippen LogP contribution is -2.53. The van der Waals surface area contributed by atoms with Gasteiger partial charge in [0.05, 0.1) is 18.7 Å². The van der Waals surface area contributed by atoms with E-state index in [1.807, 2.05) is 40.1 Å². The number of para-hydroxylation sites is 1. The van der Waals surface area contributed by atoms with Crippen LogP contribution in [-0.4, -0.2) is 54.1 Å². The van der Waals surface area contributed by atoms with Gasteiger partial charge in [-0.15, -0.1) is 0 Å². The molecule has 0 aliphatic carbocycles. The second-order valence-electron chi connectivity index (χ2n) is 8.22. The molecule has 152 valence electrons. The minimum atomic E-state index is -0.359. The lowest BCUT2D eigenvalue weighted by molar-refractivity contribution is -0.136. The summed E-state index contributed by atoms with van der Waals surface area (Å²) in [4.78, 5) is 30.0. The number of carbonyl (C=O) groups is 2. The Bertz CT molecular complexity index is 953. The van der Waals surface area contributed by atoms with Crippen LogP contribution >= 0.6 is 0 Å². The Morgan fingerprint density at radius 2 is 1.90 bits per heavy atom. The Morgan fingerprint density at radius 1 is 1.10 bits per heavy atom. The van der Waals surface area contributed by atoms with Gasteiger partial charge in [-0.25, -0.2) is 9.59 Å². The predicted octanol–water partition coefficient (Wildman–Crippen LogP) is 4.20. The minimum Gasteiger partial charge on any atom is -0.466 e. The molecule has 2 atom stereocenters. The van der Waals surface area contributed by atoms with Crippen molar-refractivity contribution in [3.05, 3.63) is 41.7 Å². The van der Waals surface area contributed by atoms with Crippen molar-refractivity contribution in [1.82, 2.24) is 9.80 Å². The summed E-state index contributed by atoms with van der Waals surface area (Å²) in [7, 11) is 1.41. The van der Waals surface area contributed by atoms with Gasteiger partial charge in [-0.3, -0.25) is 0 Å². The van der Waals surface area contributed by atoms with E-state index in [1.54, 1.807) is 0 Å². The summed E-state index contributed by atoms with van der Waals surface area (Å²) in [6, 6.07) is 9.78. The first-order chi connectivity index (χ1) is 14.2. The van der Waals surface area contributed by atoms with Crippen molar-refractivity contribution in [1.29, 1.82) is 0 Å². The van der Waals surface area contributed by atoms with Crippen LogP contribution in [0.1, 0.15) is 44.3 Å². The molecule has 2 amide bonds. The quantitative estimate of drug-likeness (QED) is 0.716. The number of methoxy groups -OCH3 is 1. The van der Waals surface area contributed by atoms with Crippen LogP contribution in [0.2, 0.25) is 0 Å². The molecular weight excluding hydrogens is 368 g/mol. The monoisotopic (exact) mass is 394 g/mol. The highest BCUT2D eigenvalue weighted by atomic mass is 16.5. The molecular formula is C23H26N2O4. The topological polar surface area (TPSA) is 63.0 Å². The summed E-state index contributed by atoms with van der Waals surface area (Å²) in [5, 5.41) is 1.01. The van der Waals surface area contributed by atoms with Crippen LogP contribution < -0.4 is 0 Å². The molecule has 1 aromatic heterocycles. The number of urea groups is 1. The van der Waals surface area contributed by atoms with E-state index in [0.29, 0.717) is 17.8 Å². The molecule has 2 fully saturated rings. The number of furan rings is 1. The molecule has 1 aromatic carbocycles. The second kappa shape index (κ2) is 7.25. The number of benzene rings is 1. The maximum Gasteiger partial charge on any atom is 0.336 e. The number of nitrogens with zero attached hydrogens (tertiary/aromatic N) is 2. The summed E-state index contributed by atoms with van der Waals surface area (Å²) >= 11 is 0. The first-order valence-corrected chi connectivity index (χ1v) is 10.5. The molecule has 4 heterocycles. The molecule has 0 saturated carbocycles. The number of amides is 2. The van der Waals surface area contributed by atoms with E-state index in [-0.39, 0.29) is 24.1 Å². The van der Waals surface area contributed by atoms with Gasteiger partial charge in [-0.2, -0.15) is 0 Å². The molecule has 0 radical (unpaired) electrons. The van der Waals surface area contributed by atoms with Gasteiger partial charge < -0.3 is 19.0 Å². The fourth-order valence-corrected chi connectivity index (χ4v) is 5.18. The highest BCUT2D eigenvalue weighted by molar-refractivity contribution is 6.01. The SMILES string of the molecule is COC(=O)C1=C(c2cc3ccccc3o2)C[C@@H]2CC[C@H]1N2C(=O)N1CCCCC1. The van der Waals surface area contributed by atoms with Crippen LogP contribution in [0.25, 0.3) is 16.5 Å². The van der Waals surface area contributed by atoms with Crippen LogP contribution in [0.3, 0.4) is 0 Å². The molecule has 3 aliphatic rings. The van der Waals surface area contributed by atoms with Crippen molar-refractivity contribution in [2.45, 2.75) is 50.6 Å². The maximum absolute atomic E-state index is 13.3. The van der Waals surface area contributed by atoms with Gasteiger partial charge in [0.15, 0.2) is 0 Å². The number of hydrogen-bond acceptors (Lipinski definition) is 4. The Morgan fingerprint density at radius 3 is 2.66 bits per heavy atom. The van der Waals surface area contributed by atoms with Crippen LogP contribution in [0, 0.1) is 0 Å². The van der Waals surface area contributed by atoms with Crippen LogP contribution in [0.5, 0.6) is 0 Å². The molecule has 3 aliphatic heterocycles. The zero-order valence-electron chi connectivity index (χ0n) is 16.7. The van der Waals surface area contributed by atoms with E-state index in [2.05, 4.69) is 0 Å². The highest BCUT2D eigenvalue weighted by Crippen LogP contribution is 2.45. The largest absolute Gasteiger partial charge is 0.466 e. The van der Waals surface area contributed by atoms with E-state index in [0.717, 1.165) is 55.3 Å². The van der Waals surface area contributed by atoms with Crippen molar-refractivity contribution < 1.29 is 18.7 Å². The van der Waals surface area contributed by atoms with E-state index in [9.17, 15) is 9.59 Å². The first kappa shape index (κ1) is 18.3. The molecule has 0 spiro atoms. The zero-order valence-corrected chi connectivity index (χ0v) is 16.7. The number of rotatable bonds is 2. The number of likely N-dealkylation sites (tertiary alicyclic amines) is 1. The number of esters is 1. The highest BCUT2D eigenvalue weighted by Gasteiger charge is 2.48. The fraction of sp³-hybridized carbons (Fsp3) is 0.478. The number of hydrogen-bond donors (Lipinski definition) is 0.